The summed E-state index contributed by atoms with van der Waals surface area (Å²) in [6, 6.07) is 8.60. The summed E-state index contributed by atoms with van der Waals surface area (Å²) in [5.74, 6) is 0. The van der Waals surface area contributed by atoms with Crippen LogP contribution in [0, 0.1) is 0 Å². The number of ether oxygens (including phenoxy) is 4. The second-order valence-corrected chi connectivity index (χ2v) is 6.57. The van der Waals surface area contributed by atoms with Crippen molar-refractivity contribution in [3.63, 3.8) is 0 Å². The van der Waals surface area contributed by atoms with Gasteiger partial charge in [0.1, 0.15) is 0 Å². The summed E-state index contributed by atoms with van der Waals surface area (Å²) in [4.78, 5) is 0. The van der Waals surface area contributed by atoms with E-state index in [-0.39, 0.29) is 12.6 Å². The summed E-state index contributed by atoms with van der Waals surface area (Å²) in [5, 5.41) is 0. The fourth-order valence-electron chi connectivity index (χ4n) is 3.25. The molecule has 2 aromatic heterocycles. The first-order valence-corrected chi connectivity index (χ1v) is 9.32. The lowest BCUT2D eigenvalue weighted by atomic mass is 10.1. The quantitative estimate of drug-likeness (QED) is 0.703. The summed E-state index contributed by atoms with van der Waals surface area (Å²) >= 11 is 0. The predicted octanol–water partition coefficient (Wildman–Crippen LogP) is 1.45. The Labute approximate surface area is 153 Å². The summed E-state index contributed by atoms with van der Waals surface area (Å²) in [7, 11) is 0. The highest BCUT2D eigenvalue weighted by atomic mass is 16.7. The van der Waals surface area contributed by atoms with Crippen LogP contribution in [0.1, 0.15) is 12.8 Å². The molecule has 0 amide bonds. The molecule has 2 saturated heterocycles. The highest BCUT2D eigenvalue weighted by Gasteiger charge is 2.18. The lowest BCUT2D eigenvalue weighted by Gasteiger charge is -2.07. The molecule has 2 aliphatic rings. The van der Waals surface area contributed by atoms with Crippen molar-refractivity contribution in [2.45, 2.75) is 38.5 Å². The van der Waals surface area contributed by atoms with Crippen LogP contribution >= 0.6 is 0 Å². The number of aromatic nitrogens is 2. The molecule has 0 N–H and O–H groups in total. The number of nitrogens with zero attached hydrogens (tertiary/aromatic N) is 2. The van der Waals surface area contributed by atoms with Crippen LogP contribution in [0.15, 0.2) is 49.1 Å². The maximum atomic E-state index is 5.48. The fourth-order valence-corrected chi connectivity index (χ4v) is 3.25. The molecular formula is C20H26N2O4+2. The molecule has 138 valence electrons. The second-order valence-electron chi connectivity index (χ2n) is 6.57. The zero-order chi connectivity index (χ0) is 17.6. The third-order valence-corrected chi connectivity index (χ3v) is 4.74. The van der Waals surface area contributed by atoms with Crippen LogP contribution in [0.25, 0.3) is 11.1 Å². The lowest BCUT2D eigenvalue weighted by Crippen LogP contribution is -2.35. The Morgan fingerprint density at radius 3 is 1.31 bits per heavy atom. The molecule has 6 nitrogen and oxygen atoms in total. The van der Waals surface area contributed by atoms with Crippen LogP contribution in [0.4, 0.5) is 0 Å². The molecule has 4 rings (SSSR count). The Balaban J connectivity index is 1.30. The Hall–Kier alpha value is -1.86. The normalized spacial score (nSPS) is 18.6. The zero-order valence-electron chi connectivity index (χ0n) is 15.0. The smallest absolute Gasteiger partial charge is 0.169 e. The Kier molecular flexibility index (Phi) is 5.86. The molecular weight excluding hydrogens is 332 g/mol. The van der Waals surface area contributed by atoms with Gasteiger partial charge in [-0.1, -0.05) is 0 Å². The van der Waals surface area contributed by atoms with Gasteiger partial charge >= 0.3 is 0 Å². The van der Waals surface area contributed by atoms with Gasteiger partial charge in [0.25, 0.3) is 0 Å². The van der Waals surface area contributed by atoms with Gasteiger partial charge < -0.3 is 18.9 Å². The highest BCUT2D eigenvalue weighted by molar-refractivity contribution is 5.60. The van der Waals surface area contributed by atoms with Crippen LogP contribution in [0.3, 0.4) is 0 Å². The van der Waals surface area contributed by atoms with Gasteiger partial charge in [-0.2, -0.15) is 0 Å². The van der Waals surface area contributed by atoms with Gasteiger partial charge in [-0.05, 0) is 11.1 Å². The molecule has 0 aliphatic carbocycles. The number of hydrogen-bond acceptors (Lipinski definition) is 4. The predicted molar refractivity (Wildman–Crippen MR) is 92.9 cm³/mol. The fraction of sp³-hybridized carbons (Fsp3) is 0.500. The van der Waals surface area contributed by atoms with Crippen molar-refractivity contribution in [2.75, 3.05) is 26.4 Å². The molecule has 0 radical (unpaired) electrons. The van der Waals surface area contributed by atoms with Crippen molar-refractivity contribution in [1.29, 1.82) is 0 Å². The van der Waals surface area contributed by atoms with E-state index in [4.69, 9.17) is 18.9 Å². The minimum Gasteiger partial charge on any atom is -0.350 e. The summed E-state index contributed by atoms with van der Waals surface area (Å²) < 4.78 is 26.2. The molecule has 2 aliphatic heterocycles. The summed E-state index contributed by atoms with van der Waals surface area (Å²) in [6.07, 6.45) is 10.1. The average molecular weight is 358 g/mol. The number of aryl methyl sites for hydroxylation is 2. The maximum absolute atomic E-state index is 5.48. The monoisotopic (exact) mass is 358 g/mol. The van der Waals surface area contributed by atoms with E-state index in [9.17, 15) is 0 Å². The van der Waals surface area contributed by atoms with E-state index in [0.717, 1.165) is 25.9 Å². The van der Waals surface area contributed by atoms with Gasteiger partial charge in [-0.15, -0.1) is 0 Å². The van der Waals surface area contributed by atoms with E-state index in [0.29, 0.717) is 26.4 Å². The molecule has 0 unspecified atom stereocenters. The first kappa shape index (κ1) is 17.5. The van der Waals surface area contributed by atoms with E-state index >= 15 is 0 Å². The maximum Gasteiger partial charge on any atom is 0.169 e. The van der Waals surface area contributed by atoms with Gasteiger partial charge in [0.05, 0.1) is 39.3 Å². The Morgan fingerprint density at radius 2 is 0.962 bits per heavy atom. The van der Waals surface area contributed by atoms with Crippen LogP contribution in [0.2, 0.25) is 0 Å². The lowest BCUT2D eigenvalue weighted by molar-refractivity contribution is -0.699. The van der Waals surface area contributed by atoms with E-state index in [2.05, 4.69) is 58.2 Å². The second kappa shape index (κ2) is 8.68. The number of rotatable bonds is 7. The van der Waals surface area contributed by atoms with Crippen LogP contribution in [0.5, 0.6) is 0 Å². The molecule has 0 bridgehead atoms. The van der Waals surface area contributed by atoms with Crippen LogP contribution in [-0.4, -0.2) is 39.0 Å². The Morgan fingerprint density at radius 1 is 0.615 bits per heavy atom. The standard InChI is InChI=1S/C20H26N2O4/c1-7-21(11-5-19-23-13-14-24-19)8-2-17(1)18-3-9-22(10-4-18)12-6-20-25-15-16-26-20/h1-4,7-10,19-20H,5-6,11-16H2/q+2. The van der Waals surface area contributed by atoms with Gasteiger partial charge in [0, 0.05) is 24.3 Å². The molecule has 0 aromatic carbocycles. The molecule has 0 saturated carbocycles. The SMILES string of the molecule is c1c[n+](CCC2OCCO2)ccc1-c1cc[n+](CCC2OCCO2)cc1. The molecule has 2 aromatic rings. The van der Waals surface area contributed by atoms with Gasteiger partial charge in [0.2, 0.25) is 0 Å². The first-order chi connectivity index (χ1) is 12.9. The van der Waals surface area contributed by atoms with Crippen LogP contribution in [-0.2, 0) is 32.0 Å². The highest BCUT2D eigenvalue weighted by Crippen LogP contribution is 2.16. The molecule has 26 heavy (non-hydrogen) atoms. The van der Waals surface area contributed by atoms with Gasteiger partial charge in [0.15, 0.2) is 50.5 Å². The van der Waals surface area contributed by atoms with E-state index in [1.165, 1.54) is 11.1 Å². The van der Waals surface area contributed by atoms with Gasteiger partial charge in [-0.25, -0.2) is 9.13 Å². The molecule has 0 spiro atoms. The molecule has 0 atom stereocenters. The molecule has 4 heterocycles. The Bertz CT molecular complexity index is 616. The zero-order valence-corrected chi connectivity index (χ0v) is 15.0. The van der Waals surface area contributed by atoms with Gasteiger partial charge in [-0.3, -0.25) is 0 Å². The van der Waals surface area contributed by atoms with E-state index in [1.54, 1.807) is 0 Å². The largest absolute Gasteiger partial charge is 0.350 e. The minimum absolute atomic E-state index is 0.0493. The van der Waals surface area contributed by atoms with Crippen molar-refractivity contribution in [3.05, 3.63) is 49.1 Å². The number of pyridine rings is 2. The minimum atomic E-state index is -0.0493. The van der Waals surface area contributed by atoms with E-state index in [1.807, 2.05) is 0 Å². The third kappa shape index (κ3) is 4.65. The van der Waals surface area contributed by atoms with Crippen molar-refractivity contribution < 1.29 is 28.1 Å². The topological polar surface area (TPSA) is 44.7 Å². The number of hydrogen-bond donors (Lipinski definition) is 0. The van der Waals surface area contributed by atoms with Crippen molar-refractivity contribution in [2.24, 2.45) is 0 Å². The van der Waals surface area contributed by atoms with Crippen molar-refractivity contribution in [3.8, 4) is 11.1 Å². The average Bonchev–Trinajstić information content (AvgIpc) is 3.40. The third-order valence-electron chi connectivity index (χ3n) is 4.74. The first-order valence-electron chi connectivity index (χ1n) is 9.32. The van der Waals surface area contributed by atoms with Crippen molar-refractivity contribution >= 4 is 0 Å². The molecule has 6 heteroatoms. The summed E-state index contributed by atoms with van der Waals surface area (Å²) in [6.45, 7) is 4.63. The van der Waals surface area contributed by atoms with E-state index < -0.39 is 0 Å². The van der Waals surface area contributed by atoms with Crippen molar-refractivity contribution in [1.82, 2.24) is 0 Å². The van der Waals surface area contributed by atoms with Crippen LogP contribution < -0.4 is 9.13 Å². The summed E-state index contributed by atoms with van der Waals surface area (Å²) in [5.41, 5.74) is 2.42. The molecule has 2 fully saturated rings.